The summed E-state index contributed by atoms with van der Waals surface area (Å²) in [5, 5.41) is 3.25. The number of amides is 1. The number of aryl methyl sites for hydroxylation is 2. The predicted molar refractivity (Wildman–Crippen MR) is 109 cm³/mol. The molecule has 0 unspecified atom stereocenters. The van der Waals surface area contributed by atoms with E-state index in [1.165, 1.54) is 11.3 Å². The van der Waals surface area contributed by atoms with Crippen LogP contribution >= 0.6 is 0 Å². The van der Waals surface area contributed by atoms with Gasteiger partial charge in [-0.05, 0) is 58.4 Å². The predicted octanol–water partition coefficient (Wildman–Crippen LogP) is 3.27. The van der Waals surface area contributed by atoms with Gasteiger partial charge >= 0.3 is 0 Å². The normalized spacial score (nSPS) is 15.0. The van der Waals surface area contributed by atoms with Gasteiger partial charge in [0.05, 0.1) is 0 Å². The van der Waals surface area contributed by atoms with Crippen LogP contribution in [0.2, 0.25) is 0 Å². The monoisotopic (exact) mass is 367 g/mol. The first-order valence-electron chi connectivity index (χ1n) is 9.46. The van der Waals surface area contributed by atoms with Crippen molar-refractivity contribution >= 4 is 17.5 Å². The summed E-state index contributed by atoms with van der Waals surface area (Å²) in [6.45, 7) is 13.2. The smallest absolute Gasteiger partial charge is 0.272 e. The SMILES string of the molecule is Cc1cccc(N2CCN(C(=O)c3cc(C)nc(NC(C)(C)C)n3)CC2)c1. The van der Waals surface area contributed by atoms with Crippen molar-refractivity contribution in [2.45, 2.75) is 40.2 Å². The van der Waals surface area contributed by atoms with Crippen molar-refractivity contribution in [2.75, 3.05) is 36.4 Å². The average Bonchev–Trinajstić information content (AvgIpc) is 2.59. The molecule has 2 aromatic rings. The molecule has 0 aliphatic carbocycles. The molecular weight excluding hydrogens is 338 g/mol. The first-order valence-corrected chi connectivity index (χ1v) is 9.46. The number of piperazine rings is 1. The Morgan fingerprint density at radius 2 is 1.74 bits per heavy atom. The van der Waals surface area contributed by atoms with Gasteiger partial charge in [0.1, 0.15) is 5.69 Å². The fourth-order valence-electron chi connectivity index (χ4n) is 3.22. The first kappa shape index (κ1) is 19.1. The Morgan fingerprint density at radius 3 is 2.37 bits per heavy atom. The maximum atomic E-state index is 13.0. The van der Waals surface area contributed by atoms with Crippen LogP contribution in [0.4, 0.5) is 11.6 Å². The summed E-state index contributed by atoms with van der Waals surface area (Å²) in [6, 6.07) is 10.3. The Bertz CT molecular complexity index is 820. The minimum Gasteiger partial charge on any atom is -0.368 e. The molecule has 1 N–H and O–H groups in total. The number of nitrogens with one attached hydrogen (secondary N) is 1. The van der Waals surface area contributed by atoms with Crippen molar-refractivity contribution in [2.24, 2.45) is 0 Å². The van der Waals surface area contributed by atoms with Gasteiger partial charge in [0.2, 0.25) is 5.95 Å². The summed E-state index contributed by atoms with van der Waals surface area (Å²) < 4.78 is 0. The van der Waals surface area contributed by atoms with Crippen LogP contribution in [0.3, 0.4) is 0 Å². The van der Waals surface area contributed by atoms with Gasteiger partial charge in [0.15, 0.2) is 0 Å². The second kappa shape index (κ2) is 7.55. The highest BCUT2D eigenvalue weighted by Crippen LogP contribution is 2.19. The summed E-state index contributed by atoms with van der Waals surface area (Å²) in [5.41, 5.74) is 3.56. The van der Waals surface area contributed by atoms with Crippen molar-refractivity contribution in [1.29, 1.82) is 0 Å². The maximum absolute atomic E-state index is 13.0. The fourth-order valence-corrected chi connectivity index (χ4v) is 3.22. The molecule has 1 aliphatic rings. The zero-order valence-electron chi connectivity index (χ0n) is 16.9. The van der Waals surface area contributed by atoms with Crippen molar-refractivity contribution in [3.63, 3.8) is 0 Å². The molecule has 2 heterocycles. The van der Waals surface area contributed by atoms with Crippen molar-refractivity contribution < 1.29 is 4.79 Å². The van der Waals surface area contributed by atoms with Crippen molar-refractivity contribution in [3.05, 3.63) is 47.3 Å². The van der Waals surface area contributed by atoms with Crippen molar-refractivity contribution in [3.8, 4) is 0 Å². The third-order valence-corrected chi connectivity index (χ3v) is 4.49. The van der Waals surface area contributed by atoms with Crippen LogP contribution in [0, 0.1) is 13.8 Å². The van der Waals surface area contributed by atoms with Gasteiger partial charge in [-0.1, -0.05) is 12.1 Å². The molecule has 1 aliphatic heterocycles. The molecule has 1 aromatic heterocycles. The third-order valence-electron chi connectivity index (χ3n) is 4.49. The Morgan fingerprint density at radius 1 is 1.04 bits per heavy atom. The summed E-state index contributed by atoms with van der Waals surface area (Å²) in [4.78, 5) is 26.0. The Hall–Kier alpha value is -2.63. The minimum atomic E-state index is -0.159. The molecule has 27 heavy (non-hydrogen) atoms. The number of hydrogen-bond donors (Lipinski definition) is 1. The lowest BCUT2D eigenvalue weighted by atomic mass is 10.1. The lowest BCUT2D eigenvalue weighted by Gasteiger charge is -2.36. The number of aromatic nitrogens is 2. The van der Waals surface area contributed by atoms with Crippen LogP contribution in [0.5, 0.6) is 0 Å². The molecule has 1 fully saturated rings. The van der Waals surface area contributed by atoms with E-state index in [9.17, 15) is 4.79 Å². The fraction of sp³-hybridized carbons (Fsp3) is 0.476. The van der Waals surface area contributed by atoms with Gasteiger partial charge in [-0.2, -0.15) is 0 Å². The van der Waals surface area contributed by atoms with Gasteiger partial charge in [-0.15, -0.1) is 0 Å². The molecule has 6 heteroatoms. The highest BCUT2D eigenvalue weighted by Gasteiger charge is 2.24. The number of nitrogens with zero attached hydrogens (tertiary/aromatic N) is 4. The summed E-state index contributed by atoms with van der Waals surface area (Å²) in [7, 11) is 0. The molecule has 1 aromatic carbocycles. The Balaban J connectivity index is 1.69. The second-order valence-electron chi connectivity index (χ2n) is 8.21. The van der Waals surface area contributed by atoms with E-state index in [4.69, 9.17) is 0 Å². The van der Waals surface area contributed by atoms with Gasteiger partial charge < -0.3 is 15.1 Å². The highest BCUT2D eigenvalue weighted by molar-refractivity contribution is 5.92. The summed E-state index contributed by atoms with van der Waals surface area (Å²) >= 11 is 0. The van der Waals surface area contributed by atoms with E-state index in [2.05, 4.69) is 51.4 Å². The second-order valence-corrected chi connectivity index (χ2v) is 8.21. The largest absolute Gasteiger partial charge is 0.368 e. The number of carbonyl (C=O) groups excluding carboxylic acids is 1. The molecule has 3 rings (SSSR count). The lowest BCUT2D eigenvalue weighted by molar-refractivity contribution is 0.0740. The zero-order valence-corrected chi connectivity index (χ0v) is 16.9. The summed E-state index contributed by atoms with van der Waals surface area (Å²) in [6.07, 6.45) is 0. The van der Waals surface area contributed by atoms with E-state index < -0.39 is 0 Å². The van der Waals surface area contributed by atoms with E-state index in [0.717, 1.165) is 18.8 Å². The topological polar surface area (TPSA) is 61.4 Å². The molecule has 0 spiro atoms. The van der Waals surface area contributed by atoms with Crippen LogP contribution in [0.15, 0.2) is 30.3 Å². The number of carbonyl (C=O) groups is 1. The number of benzene rings is 1. The molecule has 0 saturated carbocycles. The van der Waals surface area contributed by atoms with Crippen LogP contribution < -0.4 is 10.2 Å². The lowest BCUT2D eigenvalue weighted by Crippen LogP contribution is -2.49. The maximum Gasteiger partial charge on any atom is 0.272 e. The molecule has 1 saturated heterocycles. The Labute approximate surface area is 161 Å². The number of hydrogen-bond acceptors (Lipinski definition) is 5. The standard InChI is InChI=1S/C21H29N5O/c1-15-7-6-8-17(13-15)25-9-11-26(12-10-25)19(27)18-14-16(2)22-20(23-18)24-21(3,4)5/h6-8,13-14H,9-12H2,1-5H3,(H,22,23,24). The van der Waals surface area contributed by atoms with Gasteiger partial charge in [-0.25, -0.2) is 9.97 Å². The van der Waals surface area contributed by atoms with E-state index in [0.29, 0.717) is 24.7 Å². The Kier molecular flexibility index (Phi) is 5.35. The molecule has 0 radical (unpaired) electrons. The van der Waals surface area contributed by atoms with Crippen LogP contribution in [0.25, 0.3) is 0 Å². The van der Waals surface area contributed by atoms with E-state index >= 15 is 0 Å². The van der Waals surface area contributed by atoms with E-state index in [1.807, 2.05) is 32.6 Å². The third kappa shape index (κ3) is 4.96. The van der Waals surface area contributed by atoms with Crippen LogP contribution in [0.1, 0.15) is 42.5 Å². The molecule has 144 valence electrons. The first-order chi connectivity index (χ1) is 12.7. The van der Waals surface area contributed by atoms with Gasteiger partial charge in [0, 0.05) is 43.1 Å². The number of anilines is 2. The highest BCUT2D eigenvalue weighted by atomic mass is 16.2. The minimum absolute atomic E-state index is 0.0265. The van der Waals surface area contributed by atoms with Crippen LogP contribution in [-0.4, -0.2) is 52.5 Å². The molecular formula is C21H29N5O. The van der Waals surface area contributed by atoms with Gasteiger partial charge in [0.25, 0.3) is 5.91 Å². The number of rotatable bonds is 3. The van der Waals surface area contributed by atoms with Crippen molar-refractivity contribution in [1.82, 2.24) is 14.9 Å². The molecule has 1 amide bonds. The zero-order chi connectivity index (χ0) is 19.6. The van der Waals surface area contributed by atoms with Gasteiger partial charge in [-0.3, -0.25) is 4.79 Å². The van der Waals surface area contributed by atoms with Crippen LogP contribution in [-0.2, 0) is 0 Å². The average molecular weight is 367 g/mol. The van der Waals surface area contributed by atoms with E-state index in [1.54, 1.807) is 6.07 Å². The molecule has 6 nitrogen and oxygen atoms in total. The molecule has 0 atom stereocenters. The quantitative estimate of drug-likeness (QED) is 0.902. The summed E-state index contributed by atoms with van der Waals surface area (Å²) in [5.74, 6) is 0.477. The molecule has 0 bridgehead atoms. The van der Waals surface area contributed by atoms with E-state index in [-0.39, 0.29) is 11.4 Å².